The minimum Gasteiger partial charge on any atom is -0.508 e. The van der Waals surface area contributed by atoms with E-state index < -0.39 is 11.8 Å². The molecule has 0 heterocycles. The van der Waals surface area contributed by atoms with Crippen LogP contribution in [0, 0.1) is 0 Å². The molecular formula is C18H14N2O3. The second-order valence-electron chi connectivity index (χ2n) is 5.02. The third-order valence-corrected chi connectivity index (χ3v) is 3.43. The fourth-order valence-electron chi connectivity index (χ4n) is 2.20. The van der Waals surface area contributed by atoms with E-state index in [-0.39, 0.29) is 5.75 Å². The van der Waals surface area contributed by atoms with Gasteiger partial charge in [0, 0.05) is 11.1 Å². The number of phenolic OH excluding ortho intramolecular Hbond substituents is 1. The SMILES string of the molecule is O=C(NNC(=O)c1ccc2ccccc2c1)c1ccc(O)cc1. The zero-order chi connectivity index (χ0) is 16.2. The van der Waals surface area contributed by atoms with E-state index in [1.54, 1.807) is 12.1 Å². The second kappa shape index (κ2) is 6.19. The fourth-order valence-corrected chi connectivity index (χ4v) is 2.20. The maximum absolute atomic E-state index is 12.1. The van der Waals surface area contributed by atoms with Gasteiger partial charge in [-0.15, -0.1) is 0 Å². The van der Waals surface area contributed by atoms with Gasteiger partial charge in [0.2, 0.25) is 0 Å². The number of amides is 2. The minimum atomic E-state index is -0.459. The van der Waals surface area contributed by atoms with Crippen molar-refractivity contribution in [2.24, 2.45) is 0 Å². The van der Waals surface area contributed by atoms with Gasteiger partial charge in [-0.1, -0.05) is 30.3 Å². The van der Waals surface area contributed by atoms with Gasteiger partial charge in [0.05, 0.1) is 0 Å². The molecule has 0 saturated carbocycles. The first-order valence-electron chi connectivity index (χ1n) is 7.02. The molecule has 0 fully saturated rings. The average molecular weight is 306 g/mol. The van der Waals surface area contributed by atoms with Gasteiger partial charge in [-0.05, 0) is 47.2 Å². The molecule has 5 nitrogen and oxygen atoms in total. The fraction of sp³-hybridized carbons (Fsp3) is 0. The van der Waals surface area contributed by atoms with E-state index >= 15 is 0 Å². The van der Waals surface area contributed by atoms with Crippen LogP contribution in [-0.2, 0) is 0 Å². The van der Waals surface area contributed by atoms with Crippen molar-refractivity contribution in [2.45, 2.75) is 0 Å². The van der Waals surface area contributed by atoms with Crippen LogP contribution < -0.4 is 10.9 Å². The smallest absolute Gasteiger partial charge is 0.269 e. The Morgan fingerprint density at radius 2 is 1.26 bits per heavy atom. The molecule has 3 rings (SSSR count). The number of fused-ring (bicyclic) bond motifs is 1. The van der Waals surface area contributed by atoms with Crippen molar-refractivity contribution in [3.63, 3.8) is 0 Å². The Balaban J connectivity index is 1.68. The summed E-state index contributed by atoms with van der Waals surface area (Å²) in [4.78, 5) is 24.0. The summed E-state index contributed by atoms with van der Waals surface area (Å²) in [5.74, 6) is -0.788. The van der Waals surface area contributed by atoms with E-state index in [2.05, 4.69) is 10.9 Å². The quantitative estimate of drug-likeness (QED) is 0.637. The minimum absolute atomic E-state index is 0.0711. The summed E-state index contributed by atoms with van der Waals surface area (Å²) in [6.07, 6.45) is 0. The number of rotatable bonds is 2. The molecule has 0 bridgehead atoms. The number of benzene rings is 3. The highest BCUT2D eigenvalue weighted by atomic mass is 16.3. The number of nitrogens with one attached hydrogen (secondary N) is 2. The Kier molecular flexibility index (Phi) is 3.93. The summed E-state index contributed by atoms with van der Waals surface area (Å²) in [6, 6.07) is 18.8. The molecule has 2 amide bonds. The molecule has 0 atom stereocenters. The lowest BCUT2D eigenvalue weighted by molar-refractivity contribution is 0.0846. The van der Waals surface area contributed by atoms with E-state index in [0.29, 0.717) is 11.1 Å². The van der Waals surface area contributed by atoms with E-state index in [9.17, 15) is 14.7 Å². The highest BCUT2D eigenvalue weighted by molar-refractivity contribution is 6.01. The Morgan fingerprint density at radius 3 is 1.96 bits per heavy atom. The zero-order valence-electron chi connectivity index (χ0n) is 12.1. The number of hydrogen-bond acceptors (Lipinski definition) is 3. The molecule has 0 spiro atoms. The van der Waals surface area contributed by atoms with Gasteiger partial charge in [0.15, 0.2) is 0 Å². The zero-order valence-corrected chi connectivity index (χ0v) is 12.1. The average Bonchev–Trinajstić information content (AvgIpc) is 2.59. The molecule has 0 radical (unpaired) electrons. The molecule has 0 saturated heterocycles. The summed E-state index contributed by atoms with van der Waals surface area (Å²) in [5, 5.41) is 11.2. The Hall–Kier alpha value is -3.34. The van der Waals surface area contributed by atoms with Crippen molar-refractivity contribution in [1.82, 2.24) is 10.9 Å². The van der Waals surface area contributed by atoms with Crippen LogP contribution in [0.1, 0.15) is 20.7 Å². The van der Waals surface area contributed by atoms with Crippen molar-refractivity contribution in [2.75, 3.05) is 0 Å². The molecule has 0 aliphatic carbocycles. The topological polar surface area (TPSA) is 78.4 Å². The first-order chi connectivity index (χ1) is 11.1. The van der Waals surface area contributed by atoms with Crippen LogP contribution in [0.2, 0.25) is 0 Å². The predicted molar refractivity (Wildman–Crippen MR) is 87.0 cm³/mol. The van der Waals surface area contributed by atoms with E-state index in [1.807, 2.05) is 30.3 Å². The molecular weight excluding hydrogens is 292 g/mol. The van der Waals surface area contributed by atoms with Crippen LogP contribution in [0.3, 0.4) is 0 Å². The van der Waals surface area contributed by atoms with Gasteiger partial charge in [-0.2, -0.15) is 0 Å². The monoisotopic (exact) mass is 306 g/mol. The van der Waals surface area contributed by atoms with Gasteiger partial charge >= 0.3 is 0 Å². The van der Waals surface area contributed by atoms with E-state index in [0.717, 1.165) is 10.8 Å². The Morgan fingerprint density at radius 1 is 0.696 bits per heavy atom. The maximum Gasteiger partial charge on any atom is 0.269 e. The second-order valence-corrected chi connectivity index (χ2v) is 5.02. The Bertz CT molecular complexity index is 873. The van der Waals surface area contributed by atoms with Gasteiger partial charge in [0.1, 0.15) is 5.75 Å². The number of aromatic hydroxyl groups is 1. The number of hydrogen-bond donors (Lipinski definition) is 3. The lowest BCUT2D eigenvalue weighted by atomic mass is 10.1. The summed E-state index contributed by atoms with van der Waals surface area (Å²) >= 11 is 0. The molecule has 114 valence electrons. The highest BCUT2D eigenvalue weighted by Gasteiger charge is 2.09. The Labute approximate surface area is 132 Å². The third-order valence-electron chi connectivity index (χ3n) is 3.43. The van der Waals surface area contributed by atoms with Crippen LogP contribution in [0.5, 0.6) is 5.75 Å². The molecule has 23 heavy (non-hydrogen) atoms. The largest absolute Gasteiger partial charge is 0.508 e. The van der Waals surface area contributed by atoms with Crippen molar-refractivity contribution in [1.29, 1.82) is 0 Å². The third kappa shape index (κ3) is 3.29. The van der Waals surface area contributed by atoms with E-state index in [1.165, 1.54) is 24.3 Å². The van der Waals surface area contributed by atoms with Gasteiger partial charge < -0.3 is 5.11 Å². The number of carbonyl (C=O) groups is 2. The summed E-state index contributed by atoms with van der Waals surface area (Å²) < 4.78 is 0. The summed E-state index contributed by atoms with van der Waals surface area (Å²) in [5.41, 5.74) is 5.51. The van der Waals surface area contributed by atoms with Gasteiger partial charge in [0.25, 0.3) is 11.8 Å². The number of hydrazine groups is 1. The molecule has 3 aromatic carbocycles. The van der Waals surface area contributed by atoms with Crippen molar-refractivity contribution in [3.05, 3.63) is 77.9 Å². The van der Waals surface area contributed by atoms with Crippen molar-refractivity contribution in [3.8, 4) is 5.75 Å². The number of phenols is 1. The molecule has 0 unspecified atom stereocenters. The first-order valence-corrected chi connectivity index (χ1v) is 7.02. The lowest BCUT2D eigenvalue weighted by Gasteiger charge is -2.08. The maximum atomic E-state index is 12.1. The van der Waals surface area contributed by atoms with Crippen molar-refractivity contribution >= 4 is 22.6 Å². The first kappa shape index (κ1) is 14.6. The molecule has 5 heteroatoms. The van der Waals surface area contributed by atoms with Crippen LogP contribution >= 0.6 is 0 Å². The summed E-state index contributed by atoms with van der Waals surface area (Å²) in [6.45, 7) is 0. The van der Waals surface area contributed by atoms with Crippen LogP contribution in [0.4, 0.5) is 0 Å². The number of carbonyl (C=O) groups excluding carboxylic acids is 2. The van der Waals surface area contributed by atoms with Crippen LogP contribution in [0.25, 0.3) is 10.8 Å². The summed E-state index contributed by atoms with van der Waals surface area (Å²) in [7, 11) is 0. The standard InChI is InChI=1S/C18H14N2O3/c21-16-9-7-13(8-10-16)17(22)19-20-18(23)15-6-5-12-3-1-2-4-14(12)11-15/h1-11,21H,(H,19,22)(H,20,23). The normalized spacial score (nSPS) is 10.3. The molecule has 0 aliphatic rings. The molecule has 0 aromatic heterocycles. The highest BCUT2D eigenvalue weighted by Crippen LogP contribution is 2.15. The van der Waals surface area contributed by atoms with Gasteiger partial charge in [-0.3, -0.25) is 20.4 Å². The molecule has 3 N–H and O–H groups in total. The predicted octanol–water partition coefficient (Wildman–Crippen LogP) is 2.62. The van der Waals surface area contributed by atoms with Crippen molar-refractivity contribution < 1.29 is 14.7 Å². The lowest BCUT2D eigenvalue weighted by Crippen LogP contribution is -2.41. The van der Waals surface area contributed by atoms with E-state index in [4.69, 9.17) is 0 Å². The van der Waals surface area contributed by atoms with Crippen LogP contribution in [-0.4, -0.2) is 16.9 Å². The molecule has 3 aromatic rings. The van der Waals surface area contributed by atoms with Gasteiger partial charge in [-0.25, -0.2) is 0 Å². The molecule has 0 aliphatic heterocycles. The van der Waals surface area contributed by atoms with Crippen LogP contribution in [0.15, 0.2) is 66.7 Å².